The molecule has 1 aliphatic heterocycles. The van der Waals surface area contributed by atoms with Gasteiger partial charge < -0.3 is 10.1 Å². The van der Waals surface area contributed by atoms with Crippen LogP contribution in [0.3, 0.4) is 0 Å². The van der Waals surface area contributed by atoms with E-state index in [1.54, 1.807) is 11.3 Å². The average molecular weight is 283 g/mol. The zero-order valence-corrected chi connectivity index (χ0v) is 12.5. The fraction of sp³-hybridized carbons (Fsp3) is 0.692. The van der Waals surface area contributed by atoms with Crippen LogP contribution in [0, 0.1) is 0 Å². The molecule has 19 heavy (non-hydrogen) atoms. The minimum absolute atomic E-state index is 0.453. The van der Waals surface area contributed by atoms with Gasteiger partial charge in [0.1, 0.15) is 11.4 Å². The fourth-order valence-corrected chi connectivity index (χ4v) is 2.89. The first-order chi connectivity index (χ1) is 8.94. The maximum Gasteiger partial charge on any atom is 0.413 e. The van der Waals surface area contributed by atoms with E-state index in [1.807, 2.05) is 26.2 Å². The summed E-state index contributed by atoms with van der Waals surface area (Å²) < 4.78 is 5.20. The van der Waals surface area contributed by atoms with Crippen LogP contribution in [0.15, 0.2) is 5.38 Å². The number of aromatic nitrogens is 1. The third-order valence-electron chi connectivity index (χ3n) is 2.80. The smallest absolute Gasteiger partial charge is 0.413 e. The van der Waals surface area contributed by atoms with E-state index < -0.39 is 11.7 Å². The zero-order valence-electron chi connectivity index (χ0n) is 11.7. The van der Waals surface area contributed by atoms with E-state index in [4.69, 9.17) is 4.74 Å². The summed E-state index contributed by atoms with van der Waals surface area (Å²) in [6, 6.07) is 0. The molecule has 0 unspecified atom stereocenters. The Bertz CT molecular complexity index is 433. The second kappa shape index (κ2) is 5.88. The lowest BCUT2D eigenvalue weighted by atomic mass is 10.0. The van der Waals surface area contributed by atoms with E-state index in [9.17, 15) is 4.79 Å². The molecule has 0 aliphatic carbocycles. The highest BCUT2D eigenvalue weighted by Gasteiger charge is 2.20. The number of nitrogens with one attached hydrogen (secondary N) is 2. The van der Waals surface area contributed by atoms with Crippen molar-refractivity contribution in [1.29, 1.82) is 0 Å². The first kappa shape index (κ1) is 14.3. The van der Waals surface area contributed by atoms with E-state index in [-0.39, 0.29) is 0 Å². The predicted octanol–water partition coefficient (Wildman–Crippen LogP) is 2.96. The van der Waals surface area contributed by atoms with Crippen LogP contribution in [-0.4, -0.2) is 29.8 Å². The molecule has 1 amide bonds. The van der Waals surface area contributed by atoms with Crippen molar-refractivity contribution in [2.75, 3.05) is 18.4 Å². The third kappa shape index (κ3) is 4.47. The van der Waals surface area contributed by atoms with Crippen molar-refractivity contribution in [3.63, 3.8) is 0 Å². The van der Waals surface area contributed by atoms with Crippen LogP contribution in [0.5, 0.6) is 0 Å². The van der Waals surface area contributed by atoms with Crippen molar-refractivity contribution in [2.24, 2.45) is 0 Å². The lowest BCUT2D eigenvalue weighted by Gasteiger charge is -2.20. The van der Waals surface area contributed by atoms with Gasteiger partial charge in [0.25, 0.3) is 0 Å². The summed E-state index contributed by atoms with van der Waals surface area (Å²) in [5.41, 5.74) is -0.490. The quantitative estimate of drug-likeness (QED) is 0.876. The van der Waals surface area contributed by atoms with Gasteiger partial charge in [0.05, 0.1) is 5.01 Å². The molecule has 1 aliphatic rings. The van der Waals surface area contributed by atoms with Crippen molar-refractivity contribution >= 4 is 23.2 Å². The van der Waals surface area contributed by atoms with Gasteiger partial charge in [-0.05, 0) is 40.2 Å². The maximum absolute atomic E-state index is 11.6. The molecule has 5 nitrogen and oxygen atoms in total. The summed E-state index contributed by atoms with van der Waals surface area (Å²) in [4.78, 5) is 16.1. The number of carbonyl (C=O) groups is 1. The number of carbonyl (C=O) groups excluding carboxylic acids is 1. The van der Waals surface area contributed by atoms with Crippen molar-refractivity contribution in [1.82, 2.24) is 10.3 Å². The molecule has 106 valence electrons. The highest BCUT2D eigenvalue weighted by Crippen LogP contribution is 2.27. The molecule has 1 aromatic heterocycles. The lowest BCUT2D eigenvalue weighted by molar-refractivity contribution is 0.0635. The van der Waals surface area contributed by atoms with Gasteiger partial charge >= 0.3 is 6.09 Å². The summed E-state index contributed by atoms with van der Waals surface area (Å²) in [5, 5.41) is 9.00. The Labute approximate surface area is 117 Å². The van der Waals surface area contributed by atoms with Crippen LogP contribution in [0.25, 0.3) is 0 Å². The molecular weight excluding hydrogens is 262 g/mol. The molecule has 1 aromatic rings. The third-order valence-corrected chi connectivity index (χ3v) is 3.80. The van der Waals surface area contributed by atoms with E-state index >= 15 is 0 Å². The Morgan fingerprint density at radius 3 is 3.00 bits per heavy atom. The van der Waals surface area contributed by atoms with Crippen LogP contribution in [-0.2, 0) is 4.74 Å². The van der Waals surface area contributed by atoms with Gasteiger partial charge in [-0.2, -0.15) is 0 Å². The Kier molecular flexibility index (Phi) is 4.42. The first-order valence-corrected chi connectivity index (χ1v) is 7.48. The fourth-order valence-electron chi connectivity index (χ4n) is 2.00. The number of nitrogens with zero attached hydrogens (tertiary/aromatic N) is 1. The molecule has 0 saturated carbocycles. The van der Waals surface area contributed by atoms with Crippen LogP contribution in [0.1, 0.15) is 44.5 Å². The highest BCUT2D eigenvalue weighted by atomic mass is 32.1. The van der Waals surface area contributed by atoms with Gasteiger partial charge in [0, 0.05) is 17.8 Å². The summed E-state index contributed by atoms with van der Waals surface area (Å²) in [6.07, 6.45) is 1.89. The highest BCUT2D eigenvalue weighted by molar-refractivity contribution is 7.10. The first-order valence-electron chi connectivity index (χ1n) is 6.60. The molecule has 0 aromatic carbocycles. The minimum atomic E-state index is -0.490. The molecule has 1 saturated heterocycles. The Hall–Kier alpha value is -1.14. The number of ether oxygens (including phenoxy) is 1. The lowest BCUT2D eigenvalue weighted by Crippen LogP contribution is -2.28. The van der Waals surface area contributed by atoms with E-state index in [0.717, 1.165) is 24.5 Å². The average Bonchev–Trinajstić information content (AvgIpc) is 2.76. The number of thiazole rings is 1. The minimum Gasteiger partial charge on any atom is -0.444 e. The SMILES string of the molecule is CC(C)(C)OC(=O)Nc1csc([C@H]2CCCNC2)n1. The largest absolute Gasteiger partial charge is 0.444 e. The molecule has 2 rings (SSSR count). The molecule has 0 spiro atoms. The van der Waals surface area contributed by atoms with E-state index in [2.05, 4.69) is 15.6 Å². The molecule has 6 heteroatoms. The van der Waals surface area contributed by atoms with Crippen molar-refractivity contribution in [3.05, 3.63) is 10.4 Å². The van der Waals surface area contributed by atoms with Gasteiger partial charge in [-0.3, -0.25) is 5.32 Å². The monoisotopic (exact) mass is 283 g/mol. The number of piperidine rings is 1. The summed E-state index contributed by atoms with van der Waals surface area (Å²) in [7, 11) is 0. The van der Waals surface area contributed by atoms with Crippen LogP contribution in [0.2, 0.25) is 0 Å². The maximum atomic E-state index is 11.6. The van der Waals surface area contributed by atoms with Crippen LogP contribution < -0.4 is 10.6 Å². The number of rotatable bonds is 2. The Morgan fingerprint density at radius 1 is 1.58 bits per heavy atom. The second-order valence-corrected chi connectivity index (χ2v) is 6.63. The second-order valence-electron chi connectivity index (χ2n) is 5.74. The standard InChI is InChI=1S/C13H21N3O2S/c1-13(2,3)18-12(17)16-10-8-19-11(15-10)9-5-4-6-14-7-9/h8-9,14H,4-7H2,1-3H3,(H,16,17)/t9-/m0/s1. The summed E-state index contributed by atoms with van der Waals surface area (Å²) in [6.45, 7) is 7.58. The topological polar surface area (TPSA) is 63.2 Å². The molecule has 2 heterocycles. The van der Waals surface area contributed by atoms with Gasteiger partial charge in [0.15, 0.2) is 0 Å². The number of amides is 1. The molecule has 1 fully saturated rings. The van der Waals surface area contributed by atoms with Crippen molar-refractivity contribution in [2.45, 2.75) is 45.1 Å². The van der Waals surface area contributed by atoms with E-state index in [1.165, 1.54) is 6.42 Å². The molecule has 1 atom stereocenters. The molecular formula is C13H21N3O2S. The van der Waals surface area contributed by atoms with Gasteiger partial charge in [-0.15, -0.1) is 11.3 Å². The Morgan fingerprint density at radius 2 is 2.37 bits per heavy atom. The van der Waals surface area contributed by atoms with E-state index in [0.29, 0.717) is 11.7 Å². The molecule has 2 N–H and O–H groups in total. The zero-order chi connectivity index (χ0) is 13.9. The van der Waals surface area contributed by atoms with Gasteiger partial charge in [-0.1, -0.05) is 0 Å². The number of anilines is 1. The molecule has 0 bridgehead atoms. The predicted molar refractivity (Wildman–Crippen MR) is 76.8 cm³/mol. The molecule has 0 radical (unpaired) electrons. The van der Waals surface area contributed by atoms with Crippen LogP contribution in [0.4, 0.5) is 10.6 Å². The van der Waals surface area contributed by atoms with Gasteiger partial charge in [0.2, 0.25) is 0 Å². The summed E-state index contributed by atoms with van der Waals surface area (Å²) in [5.74, 6) is 1.05. The van der Waals surface area contributed by atoms with Crippen molar-refractivity contribution in [3.8, 4) is 0 Å². The summed E-state index contributed by atoms with van der Waals surface area (Å²) >= 11 is 1.59. The number of hydrogen-bond donors (Lipinski definition) is 2. The van der Waals surface area contributed by atoms with Crippen LogP contribution >= 0.6 is 11.3 Å². The van der Waals surface area contributed by atoms with Gasteiger partial charge in [-0.25, -0.2) is 9.78 Å². The Balaban J connectivity index is 1.91. The number of hydrogen-bond acceptors (Lipinski definition) is 5. The van der Waals surface area contributed by atoms with Crippen molar-refractivity contribution < 1.29 is 9.53 Å². The normalized spacial score (nSPS) is 20.1.